The summed E-state index contributed by atoms with van der Waals surface area (Å²) in [7, 11) is 1.57. The zero-order valence-corrected chi connectivity index (χ0v) is 18.5. The first kappa shape index (κ1) is 20.7. The molecule has 0 spiro atoms. The van der Waals surface area contributed by atoms with Crippen LogP contribution in [0.3, 0.4) is 0 Å². The van der Waals surface area contributed by atoms with Crippen molar-refractivity contribution >= 4 is 39.1 Å². The molecule has 3 aromatic rings. The summed E-state index contributed by atoms with van der Waals surface area (Å²) in [6.45, 7) is 0. The number of amides is 2. The van der Waals surface area contributed by atoms with Crippen molar-refractivity contribution in [2.75, 3.05) is 17.1 Å². The van der Waals surface area contributed by atoms with Gasteiger partial charge in [0.05, 0.1) is 29.0 Å². The fraction of sp³-hybridized carbons (Fsp3) is 0.167. The van der Waals surface area contributed by atoms with Crippen LogP contribution < -0.4 is 14.7 Å². The Morgan fingerprint density at radius 3 is 2.31 bits per heavy atom. The van der Waals surface area contributed by atoms with Gasteiger partial charge in [-0.1, -0.05) is 24.3 Å². The average molecular weight is 497 g/mol. The van der Waals surface area contributed by atoms with Crippen molar-refractivity contribution in [3.05, 3.63) is 88.6 Å². The molecule has 5 rings (SSSR count). The van der Waals surface area contributed by atoms with E-state index < -0.39 is 29.8 Å². The van der Waals surface area contributed by atoms with Gasteiger partial charge in [-0.25, -0.2) is 14.4 Å². The highest BCUT2D eigenvalue weighted by Crippen LogP contribution is 2.48. The number of nitrogens with zero attached hydrogens (tertiary/aromatic N) is 2. The maximum Gasteiger partial charge on any atom is 0.266 e. The average Bonchev–Trinajstić information content (AvgIpc) is 3.31. The van der Waals surface area contributed by atoms with Crippen molar-refractivity contribution in [2.24, 2.45) is 5.92 Å². The van der Waals surface area contributed by atoms with Gasteiger partial charge in [-0.15, -0.1) is 0 Å². The smallest absolute Gasteiger partial charge is 0.266 e. The number of halogens is 2. The largest absolute Gasteiger partial charge is 0.496 e. The Morgan fingerprint density at radius 1 is 0.938 bits per heavy atom. The molecule has 32 heavy (non-hydrogen) atoms. The molecule has 2 heterocycles. The number of hydroxylamine groups is 1. The van der Waals surface area contributed by atoms with Gasteiger partial charge < -0.3 is 4.74 Å². The van der Waals surface area contributed by atoms with Crippen LogP contribution in [-0.2, 0) is 14.4 Å². The van der Waals surface area contributed by atoms with Gasteiger partial charge in [-0.2, -0.15) is 0 Å². The number of ether oxygens (including phenoxy) is 1. The maximum atomic E-state index is 13.5. The minimum absolute atomic E-state index is 0.320. The highest BCUT2D eigenvalue weighted by atomic mass is 79.9. The zero-order valence-electron chi connectivity index (χ0n) is 16.9. The van der Waals surface area contributed by atoms with Gasteiger partial charge in [0.25, 0.3) is 5.91 Å². The third-order valence-electron chi connectivity index (χ3n) is 5.73. The Bertz CT molecular complexity index is 1190. The quantitative estimate of drug-likeness (QED) is 0.492. The molecule has 0 aromatic heterocycles. The van der Waals surface area contributed by atoms with E-state index in [1.165, 1.54) is 24.3 Å². The van der Waals surface area contributed by atoms with Crippen LogP contribution in [-0.4, -0.2) is 25.0 Å². The van der Waals surface area contributed by atoms with Crippen LogP contribution in [0.4, 0.5) is 15.8 Å². The molecule has 0 bridgehead atoms. The number of hydrogen-bond acceptors (Lipinski definition) is 5. The van der Waals surface area contributed by atoms with Crippen LogP contribution in [0.5, 0.6) is 5.75 Å². The number of hydrogen-bond donors (Lipinski definition) is 0. The van der Waals surface area contributed by atoms with Crippen molar-refractivity contribution in [1.29, 1.82) is 0 Å². The van der Waals surface area contributed by atoms with E-state index >= 15 is 0 Å². The molecule has 3 unspecified atom stereocenters. The number of imide groups is 1. The van der Waals surface area contributed by atoms with E-state index in [9.17, 15) is 14.0 Å². The molecule has 0 radical (unpaired) electrons. The van der Waals surface area contributed by atoms with E-state index in [1.54, 1.807) is 18.2 Å². The summed E-state index contributed by atoms with van der Waals surface area (Å²) >= 11 is 3.50. The minimum atomic E-state index is -0.987. The molecule has 162 valence electrons. The lowest BCUT2D eigenvalue weighted by molar-refractivity contribution is -0.126. The zero-order chi connectivity index (χ0) is 22.4. The van der Waals surface area contributed by atoms with E-state index in [0.29, 0.717) is 11.4 Å². The maximum absolute atomic E-state index is 13.5. The molecule has 3 aromatic carbocycles. The van der Waals surface area contributed by atoms with Gasteiger partial charge in [0.15, 0.2) is 6.10 Å². The van der Waals surface area contributed by atoms with E-state index in [0.717, 1.165) is 20.6 Å². The lowest BCUT2D eigenvalue weighted by atomic mass is 9.90. The highest BCUT2D eigenvalue weighted by molar-refractivity contribution is 9.10. The van der Waals surface area contributed by atoms with E-state index in [4.69, 9.17) is 9.57 Å². The molecule has 8 heteroatoms. The Balaban J connectivity index is 1.59. The number of rotatable bonds is 4. The number of benzene rings is 3. The first-order chi connectivity index (χ1) is 15.5. The first-order valence-corrected chi connectivity index (χ1v) is 10.8. The Hall–Kier alpha value is -3.23. The SMILES string of the molecule is COc1ccc(C2C3C(=O)N(c4ccc(F)cc4)C(=O)C3ON2c2ccccc2)cc1Br. The number of methoxy groups -OCH3 is 1. The van der Waals surface area contributed by atoms with E-state index in [-0.39, 0.29) is 5.91 Å². The van der Waals surface area contributed by atoms with Crippen molar-refractivity contribution < 1.29 is 23.6 Å². The van der Waals surface area contributed by atoms with Crippen LogP contribution in [0.1, 0.15) is 11.6 Å². The molecule has 2 aliphatic heterocycles. The van der Waals surface area contributed by atoms with Crippen molar-refractivity contribution in [3.8, 4) is 5.75 Å². The number of fused-ring (bicyclic) bond motifs is 1. The Labute approximate surface area is 192 Å². The second-order valence-corrected chi connectivity index (χ2v) is 8.39. The third-order valence-corrected chi connectivity index (χ3v) is 6.35. The minimum Gasteiger partial charge on any atom is -0.496 e. The molecule has 0 saturated carbocycles. The number of anilines is 2. The molecule has 2 aliphatic rings. The van der Waals surface area contributed by atoms with Gasteiger partial charge in [0.2, 0.25) is 5.91 Å². The summed E-state index contributed by atoms with van der Waals surface area (Å²) in [5.74, 6) is -1.42. The lowest BCUT2D eigenvalue weighted by Gasteiger charge is -2.29. The molecule has 0 aliphatic carbocycles. The molecular formula is C24H18BrFN2O4. The molecule has 0 N–H and O–H groups in total. The van der Waals surface area contributed by atoms with Crippen LogP contribution in [0.15, 0.2) is 77.3 Å². The predicted octanol–water partition coefficient (Wildman–Crippen LogP) is 4.65. The second-order valence-electron chi connectivity index (χ2n) is 7.54. The summed E-state index contributed by atoms with van der Waals surface area (Å²) < 4.78 is 19.4. The fourth-order valence-corrected chi connectivity index (χ4v) is 4.82. The predicted molar refractivity (Wildman–Crippen MR) is 120 cm³/mol. The van der Waals surface area contributed by atoms with Crippen molar-refractivity contribution in [2.45, 2.75) is 12.1 Å². The molecule has 6 nitrogen and oxygen atoms in total. The molecular weight excluding hydrogens is 479 g/mol. The first-order valence-electron chi connectivity index (χ1n) is 9.97. The standard InChI is InChI=1S/C24H18BrFN2O4/c1-31-19-12-7-14(13-18(19)25)21-20-22(32-28(21)17-5-3-2-4-6-17)24(30)27(23(20)29)16-10-8-15(26)9-11-16/h2-13,20-22H,1H3. The normalized spacial score (nSPS) is 22.4. The van der Waals surface area contributed by atoms with Crippen LogP contribution in [0.25, 0.3) is 0 Å². The van der Waals surface area contributed by atoms with Gasteiger partial charge in [-0.05, 0) is 70.0 Å². The number of para-hydroxylation sites is 1. The molecule has 2 saturated heterocycles. The molecule has 3 atom stereocenters. The van der Waals surface area contributed by atoms with E-state index in [1.807, 2.05) is 42.5 Å². The van der Waals surface area contributed by atoms with Crippen molar-refractivity contribution in [3.63, 3.8) is 0 Å². The van der Waals surface area contributed by atoms with Gasteiger partial charge in [0.1, 0.15) is 17.5 Å². The second kappa shape index (κ2) is 8.03. The van der Waals surface area contributed by atoms with Crippen LogP contribution in [0.2, 0.25) is 0 Å². The highest BCUT2D eigenvalue weighted by Gasteiger charge is 2.60. The lowest BCUT2D eigenvalue weighted by Crippen LogP contribution is -2.37. The van der Waals surface area contributed by atoms with Gasteiger partial charge >= 0.3 is 0 Å². The van der Waals surface area contributed by atoms with Gasteiger partial charge in [-0.3, -0.25) is 14.4 Å². The summed E-state index contributed by atoms with van der Waals surface area (Å²) in [6.07, 6.45) is -0.987. The number of carbonyl (C=O) groups excluding carboxylic acids is 2. The molecule has 2 fully saturated rings. The summed E-state index contributed by atoms with van der Waals surface area (Å²) in [4.78, 5) is 33.9. The fourth-order valence-electron chi connectivity index (χ4n) is 4.26. The topological polar surface area (TPSA) is 59.1 Å². The van der Waals surface area contributed by atoms with Crippen LogP contribution in [0, 0.1) is 11.7 Å². The van der Waals surface area contributed by atoms with E-state index in [2.05, 4.69) is 15.9 Å². The third kappa shape index (κ3) is 3.27. The number of carbonyl (C=O) groups is 2. The monoisotopic (exact) mass is 496 g/mol. The molecule has 2 amide bonds. The Kier molecular flexibility index (Phi) is 5.19. The van der Waals surface area contributed by atoms with Crippen LogP contribution >= 0.6 is 15.9 Å². The summed E-state index contributed by atoms with van der Waals surface area (Å²) in [6, 6.07) is 19.6. The van der Waals surface area contributed by atoms with Crippen molar-refractivity contribution in [1.82, 2.24) is 0 Å². The Morgan fingerprint density at radius 2 is 1.66 bits per heavy atom. The van der Waals surface area contributed by atoms with Gasteiger partial charge in [0, 0.05) is 0 Å². The summed E-state index contributed by atoms with van der Waals surface area (Å²) in [5.41, 5.74) is 1.84. The summed E-state index contributed by atoms with van der Waals surface area (Å²) in [5, 5.41) is 1.63.